The monoisotopic (exact) mass is 373 g/mol. The van der Waals surface area contributed by atoms with Gasteiger partial charge in [0.1, 0.15) is 12.3 Å². The minimum atomic E-state index is -0.582. The lowest BCUT2D eigenvalue weighted by Gasteiger charge is -2.37. The van der Waals surface area contributed by atoms with Crippen LogP contribution in [-0.2, 0) is 14.4 Å². The quantitative estimate of drug-likeness (QED) is 0.359. The standard InChI is InChI=1S/C23H19NO4/c25-19(28-14-6-5-12-3-1-2-4-13(12)9-14)11-24-22(26)20-15-7-8-16(18-10-17(15)18)21(20)23(24)27/h1-9,15-18,20-21H,10-11H2/t15-,16-,17-,18-,20+,21+/m0/s1. The number of imide groups is 1. The summed E-state index contributed by atoms with van der Waals surface area (Å²) in [6.07, 6.45) is 5.38. The fourth-order valence-corrected chi connectivity index (χ4v) is 5.70. The molecule has 1 aliphatic heterocycles. The van der Waals surface area contributed by atoms with Crippen LogP contribution in [0, 0.1) is 35.5 Å². The molecule has 0 aromatic heterocycles. The van der Waals surface area contributed by atoms with Crippen molar-refractivity contribution >= 4 is 28.6 Å². The number of amides is 2. The molecule has 1 saturated heterocycles. The summed E-state index contributed by atoms with van der Waals surface area (Å²) in [5.41, 5.74) is 0. The van der Waals surface area contributed by atoms with E-state index in [0.29, 0.717) is 17.6 Å². The molecule has 4 aliphatic carbocycles. The Hall–Kier alpha value is -2.95. The number of esters is 1. The van der Waals surface area contributed by atoms with Crippen molar-refractivity contribution in [2.45, 2.75) is 6.42 Å². The van der Waals surface area contributed by atoms with Gasteiger partial charge in [0, 0.05) is 0 Å². The zero-order valence-electron chi connectivity index (χ0n) is 15.2. The van der Waals surface area contributed by atoms with Crippen LogP contribution in [0.4, 0.5) is 0 Å². The summed E-state index contributed by atoms with van der Waals surface area (Å²) in [5.74, 6) is 0.319. The average Bonchev–Trinajstić information content (AvgIpc) is 3.49. The first-order valence-corrected chi connectivity index (χ1v) is 9.85. The van der Waals surface area contributed by atoms with Gasteiger partial charge in [-0.05, 0) is 53.0 Å². The molecule has 140 valence electrons. The number of ether oxygens (including phenoxy) is 1. The summed E-state index contributed by atoms with van der Waals surface area (Å²) < 4.78 is 5.43. The van der Waals surface area contributed by atoms with Crippen molar-refractivity contribution in [2.24, 2.45) is 35.5 Å². The summed E-state index contributed by atoms with van der Waals surface area (Å²) in [5, 5.41) is 2.02. The number of fused-ring (bicyclic) bond motifs is 1. The van der Waals surface area contributed by atoms with E-state index in [1.165, 1.54) is 0 Å². The Morgan fingerprint density at radius 1 is 0.929 bits per heavy atom. The third-order valence-electron chi connectivity index (χ3n) is 6.99. The lowest BCUT2D eigenvalue weighted by Crippen LogP contribution is -2.40. The van der Waals surface area contributed by atoms with E-state index < -0.39 is 5.97 Å². The first-order chi connectivity index (χ1) is 13.6. The molecule has 2 amide bonds. The molecule has 2 aromatic rings. The first-order valence-electron chi connectivity index (χ1n) is 9.85. The Bertz CT molecular complexity index is 1040. The van der Waals surface area contributed by atoms with Crippen LogP contribution in [0.25, 0.3) is 10.8 Å². The molecular weight excluding hydrogens is 354 g/mol. The van der Waals surface area contributed by atoms with Crippen LogP contribution in [-0.4, -0.2) is 29.2 Å². The number of hydrogen-bond donors (Lipinski definition) is 0. The zero-order chi connectivity index (χ0) is 19.0. The van der Waals surface area contributed by atoms with E-state index in [-0.39, 0.29) is 42.0 Å². The van der Waals surface area contributed by atoms with Crippen molar-refractivity contribution in [3.8, 4) is 5.75 Å². The molecule has 2 bridgehead atoms. The Balaban J connectivity index is 1.20. The first kappa shape index (κ1) is 16.0. The molecule has 0 unspecified atom stereocenters. The number of hydrogen-bond acceptors (Lipinski definition) is 4. The largest absolute Gasteiger partial charge is 0.425 e. The minimum Gasteiger partial charge on any atom is -0.425 e. The smallest absolute Gasteiger partial charge is 0.331 e. The highest BCUT2D eigenvalue weighted by atomic mass is 16.5. The number of allylic oxidation sites excluding steroid dienone is 2. The molecule has 5 aliphatic rings. The van der Waals surface area contributed by atoms with E-state index in [1.807, 2.05) is 30.3 Å². The molecule has 1 heterocycles. The SMILES string of the molecule is O=C(CN1C(=O)[C@@H]2[C@H]3C=C[C@@H]([C@@H]4C[C@@H]34)[C@H]2C1=O)Oc1ccc2ccccc2c1. The van der Waals surface area contributed by atoms with Crippen LogP contribution in [0.5, 0.6) is 5.75 Å². The Morgan fingerprint density at radius 2 is 1.57 bits per heavy atom. The third kappa shape index (κ3) is 2.16. The molecule has 0 N–H and O–H groups in total. The van der Waals surface area contributed by atoms with E-state index in [1.54, 1.807) is 12.1 Å². The maximum Gasteiger partial charge on any atom is 0.331 e. The number of likely N-dealkylation sites (tertiary alicyclic amines) is 1. The Kier molecular flexibility index (Phi) is 3.17. The van der Waals surface area contributed by atoms with Crippen molar-refractivity contribution in [1.82, 2.24) is 4.90 Å². The van der Waals surface area contributed by atoms with Crippen molar-refractivity contribution in [3.63, 3.8) is 0 Å². The van der Waals surface area contributed by atoms with Gasteiger partial charge < -0.3 is 4.74 Å². The number of nitrogens with zero attached hydrogens (tertiary/aromatic N) is 1. The molecule has 5 heteroatoms. The number of benzene rings is 2. The number of carbonyl (C=O) groups excluding carboxylic acids is 3. The van der Waals surface area contributed by atoms with Crippen LogP contribution in [0.1, 0.15) is 6.42 Å². The van der Waals surface area contributed by atoms with Crippen molar-refractivity contribution < 1.29 is 19.1 Å². The minimum absolute atomic E-state index is 0.165. The second-order valence-corrected chi connectivity index (χ2v) is 8.40. The van der Waals surface area contributed by atoms with Gasteiger partial charge in [0.2, 0.25) is 11.8 Å². The van der Waals surface area contributed by atoms with Gasteiger partial charge in [-0.2, -0.15) is 0 Å². The van der Waals surface area contributed by atoms with Crippen molar-refractivity contribution in [2.75, 3.05) is 6.54 Å². The van der Waals surface area contributed by atoms with Gasteiger partial charge in [-0.15, -0.1) is 0 Å². The molecule has 7 rings (SSSR count). The summed E-state index contributed by atoms with van der Waals surface area (Å²) in [6, 6.07) is 13.2. The number of carbonyl (C=O) groups is 3. The van der Waals surface area contributed by atoms with E-state index in [0.717, 1.165) is 22.1 Å². The van der Waals surface area contributed by atoms with E-state index in [9.17, 15) is 14.4 Å². The van der Waals surface area contributed by atoms with E-state index in [4.69, 9.17) is 4.74 Å². The number of rotatable bonds is 3. The normalized spacial score (nSPS) is 34.5. The molecule has 0 radical (unpaired) electrons. The van der Waals surface area contributed by atoms with Gasteiger partial charge >= 0.3 is 5.97 Å². The van der Waals surface area contributed by atoms with Gasteiger partial charge in [-0.25, -0.2) is 4.79 Å². The van der Waals surface area contributed by atoms with Crippen LogP contribution < -0.4 is 4.74 Å². The van der Waals surface area contributed by atoms with E-state index >= 15 is 0 Å². The summed E-state index contributed by atoms with van der Waals surface area (Å²) in [4.78, 5) is 39.5. The fourth-order valence-electron chi connectivity index (χ4n) is 5.70. The second kappa shape index (κ2) is 5.53. The van der Waals surface area contributed by atoms with Gasteiger partial charge in [-0.1, -0.05) is 42.5 Å². The molecule has 6 atom stereocenters. The van der Waals surface area contributed by atoms with Crippen molar-refractivity contribution in [3.05, 3.63) is 54.6 Å². The van der Waals surface area contributed by atoms with Gasteiger partial charge in [0.25, 0.3) is 0 Å². The van der Waals surface area contributed by atoms with Crippen LogP contribution in [0.15, 0.2) is 54.6 Å². The summed E-state index contributed by atoms with van der Waals surface area (Å²) >= 11 is 0. The summed E-state index contributed by atoms with van der Waals surface area (Å²) in [7, 11) is 0. The predicted octanol–water partition coefficient (Wildman–Crippen LogP) is 2.80. The highest BCUT2D eigenvalue weighted by molar-refractivity contribution is 6.08. The Labute approximate surface area is 162 Å². The molecule has 28 heavy (non-hydrogen) atoms. The van der Waals surface area contributed by atoms with Crippen LogP contribution >= 0.6 is 0 Å². The lowest BCUT2D eigenvalue weighted by atomic mass is 9.63. The zero-order valence-corrected chi connectivity index (χ0v) is 15.2. The molecule has 5 nitrogen and oxygen atoms in total. The highest BCUT2D eigenvalue weighted by Crippen LogP contribution is 2.65. The van der Waals surface area contributed by atoms with Gasteiger partial charge in [0.15, 0.2) is 0 Å². The topological polar surface area (TPSA) is 63.7 Å². The average molecular weight is 373 g/mol. The molecule has 3 fully saturated rings. The Morgan fingerprint density at radius 3 is 2.25 bits per heavy atom. The van der Waals surface area contributed by atoms with Crippen molar-refractivity contribution in [1.29, 1.82) is 0 Å². The van der Waals surface area contributed by atoms with Crippen LogP contribution in [0.2, 0.25) is 0 Å². The lowest BCUT2D eigenvalue weighted by molar-refractivity contribution is -0.148. The van der Waals surface area contributed by atoms with Gasteiger partial charge in [0.05, 0.1) is 11.8 Å². The second-order valence-electron chi connectivity index (χ2n) is 8.40. The maximum absolute atomic E-state index is 12.9. The molecule has 2 saturated carbocycles. The highest BCUT2D eigenvalue weighted by Gasteiger charge is 2.67. The van der Waals surface area contributed by atoms with Gasteiger partial charge in [-0.3, -0.25) is 14.5 Å². The molecule has 0 spiro atoms. The van der Waals surface area contributed by atoms with Crippen LogP contribution in [0.3, 0.4) is 0 Å². The molecule has 2 aromatic carbocycles. The fraction of sp³-hybridized carbons (Fsp3) is 0.348. The molecular formula is C23H19NO4. The maximum atomic E-state index is 12.9. The predicted molar refractivity (Wildman–Crippen MR) is 101 cm³/mol. The third-order valence-corrected chi connectivity index (χ3v) is 6.99. The summed E-state index contributed by atoms with van der Waals surface area (Å²) in [6.45, 7) is -0.313. The van der Waals surface area contributed by atoms with E-state index in [2.05, 4.69) is 12.2 Å².